The van der Waals surface area contributed by atoms with Crippen molar-refractivity contribution in [1.29, 1.82) is 0 Å². The zero-order valence-electron chi connectivity index (χ0n) is 16.3. The topological polar surface area (TPSA) is 88.2 Å². The van der Waals surface area contributed by atoms with Crippen LogP contribution in [0.2, 0.25) is 0 Å². The molecule has 0 spiro atoms. The molecule has 1 aliphatic carbocycles. The van der Waals surface area contributed by atoms with Gasteiger partial charge in [-0.15, -0.1) is 23.1 Å². The van der Waals surface area contributed by atoms with Gasteiger partial charge in [-0.05, 0) is 62.2 Å². The molecule has 0 unspecified atom stereocenters. The normalized spacial score (nSPS) is 13.9. The van der Waals surface area contributed by atoms with E-state index in [9.17, 15) is 13.2 Å². The molecule has 0 aliphatic heterocycles. The fourth-order valence-corrected chi connectivity index (χ4v) is 5.63. The first-order chi connectivity index (χ1) is 14.4. The van der Waals surface area contributed by atoms with E-state index in [4.69, 9.17) is 0 Å². The Morgan fingerprint density at radius 2 is 1.97 bits per heavy atom. The van der Waals surface area contributed by atoms with Crippen molar-refractivity contribution in [3.8, 4) is 0 Å². The van der Waals surface area contributed by atoms with Gasteiger partial charge in [0.25, 0.3) is 5.91 Å². The molecule has 0 saturated heterocycles. The maximum Gasteiger partial charge on any atom is 0.255 e. The summed E-state index contributed by atoms with van der Waals surface area (Å²) in [4.78, 5) is 18.2. The number of sulfonamides is 1. The van der Waals surface area contributed by atoms with E-state index in [1.54, 1.807) is 47.4 Å². The first kappa shape index (κ1) is 21.0. The molecule has 0 bridgehead atoms. The maximum atomic E-state index is 12.6. The van der Waals surface area contributed by atoms with E-state index in [2.05, 4.69) is 20.4 Å². The average molecular weight is 460 g/mol. The third-order valence-electron chi connectivity index (χ3n) is 4.47. The van der Waals surface area contributed by atoms with Gasteiger partial charge in [-0.2, -0.15) is 0 Å². The standard InChI is InChI=1S/C21H21N3O3S3/c1-14-22-18(12-28-14)13-29-19-9-5-15(6-10-19)21(25)23-17-3-2-4-20(11-17)30(26,27)24-16-7-8-16/h2-6,9-12,16,24H,7-8,13H2,1H3,(H,23,25). The quantitative estimate of drug-likeness (QED) is 0.486. The lowest BCUT2D eigenvalue weighted by Crippen LogP contribution is -2.25. The number of anilines is 1. The van der Waals surface area contributed by atoms with Crippen LogP contribution in [0.25, 0.3) is 0 Å². The third-order valence-corrected chi connectivity index (χ3v) is 7.86. The largest absolute Gasteiger partial charge is 0.322 e. The van der Waals surface area contributed by atoms with E-state index in [-0.39, 0.29) is 16.8 Å². The Kier molecular flexibility index (Phi) is 6.24. The van der Waals surface area contributed by atoms with Crippen LogP contribution in [-0.2, 0) is 15.8 Å². The van der Waals surface area contributed by atoms with E-state index >= 15 is 0 Å². The average Bonchev–Trinajstić information content (AvgIpc) is 3.44. The van der Waals surface area contributed by atoms with Crippen molar-refractivity contribution in [2.45, 2.75) is 41.4 Å². The monoisotopic (exact) mass is 459 g/mol. The molecule has 1 aliphatic rings. The second kappa shape index (κ2) is 8.89. The number of benzene rings is 2. The minimum Gasteiger partial charge on any atom is -0.322 e. The summed E-state index contributed by atoms with van der Waals surface area (Å²) in [6.45, 7) is 1.99. The van der Waals surface area contributed by atoms with Gasteiger partial charge < -0.3 is 5.32 Å². The Balaban J connectivity index is 1.38. The van der Waals surface area contributed by atoms with Gasteiger partial charge in [0.2, 0.25) is 10.0 Å². The van der Waals surface area contributed by atoms with Crippen LogP contribution in [0.3, 0.4) is 0 Å². The molecule has 1 amide bonds. The van der Waals surface area contributed by atoms with Crippen LogP contribution >= 0.6 is 23.1 Å². The summed E-state index contributed by atoms with van der Waals surface area (Å²) < 4.78 is 27.4. The molecular formula is C21H21N3O3S3. The fraction of sp³-hybridized carbons (Fsp3) is 0.238. The number of thiazole rings is 1. The number of carbonyl (C=O) groups is 1. The van der Waals surface area contributed by atoms with Crippen molar-refractivity contribution in [2.75, 3.05) is 5.32 Å². The Morgan fingerprint density at radius 1 is 1.20 bits per heavy atom. The van der Waals surface area contributed by atoms with Crippen LogP contribution in [0.15, 0.2) is 63.7 Å². The summed E-state index contributed by atoms with van der Waals surface area (Å²) >= 11 is 3.30. The van der Waals surface area contributed by atoms with E-state index in [0.717, 1.165) is 34.2 Å². The first-order valence-electron chi connectivity index (χ1n) is 9.47. The van der Waals surface area contributed by atoms with Crippen LogP contribution in [0, 0.1) is 6.92 Å². The van der Waals surface area contributed by atoms with Crippen molar-refractivity contribution in [3.63, 3.8) is 0 Å². The zero-order chi connectivity index (χ0) is 21.1. The Bertz CT molecular complexity index is 1150. The number of rotatable bonds is 8. The van der Waals surface area contributed by atoms with Gasteiger partial charge in [0.1, 0.15) is 0 Å². The highest BCUT2D eigenvalue weighted by atomic mass is 32.2. The van der Waals surface area contributed by atoms with Crippen LogP contribution < -0.4 is 10.0 Å². The molecule has 3 aromatic rings. The van der Waals surface area contributed by atoms with Crippen LogP contribution in [0.1, 0.15) is 33.9 Å². The summed E-state index contributed by atoms with van der Waals surface area (Å²) in [7, 11) is -3.56. The molecule has 1 aromatic heterocycles. The lowest BCUT2D eigenvalue weighted by Gasteiger charge is -2.09. The molecule has 0 radical (unpaired) electrons. The molecule has 1 heterocycles. The maximum absolute atomic E-state index is 12.6. The van der Waals surface area contributed by atoms with E-state index < -0.39 is 10.0 Å². The molecular weight excluding hydrogens is 438 g/mol. The van der Waals surface area contributed by atoms with Gasteiger partial charge in [0.15, 0.2) is 0 Å². The zero-order valence-corrected chi connectivity index (χ0v) is 18.7. The van der Waals surface area contributed by atoms with Gasteiger partial charge in [0, 0.05) is 33.3 Å². The highest BCUT2D eigenvalue weighted by molar-refractivity contribution is 7.98. The van der Waals surface area contributed by atoms with Gasteiger partial charge in [-0.3, -0.25) is 4.79 Å². The summed E-state index contributed by atoms with van der Waals surface area (Å²) in [6, 6.07) is 13.7. The molecule has 9 heteroatoms. The van der Waals surface area contributed by atoms with E-state index in [1.165, 1.54) is 12.1 Å². The van der Waals surface area contributed by atoms with Crippen LogP contribution in [0.5, 0.6) is 0 Å². The van der Waals surface area contributed by atoms with Crippen molar-refractivity contribution < 1.29 is 13.2 Å². The van der Waals surface area contributed by atoms with Gasteiger partial charge in [-0.25, -0.2) is 18.1 Å². The Labute approximate surface area is 184 Å². The number of aromatic nitrogens is 1. The molecule has 1 fully saturated rings. The predicted molar refractivity (Wildman–Crippen MR) is 121 cm³/mol. The number of amides is 1. The number of nitrogens with zero attached hydrogens (tertiary/aromatic N) is 1. The summed E-state index contributed by atoms with van der Waals surface area (Å²) in [5, 5.41) is 5.88. The molecule has 0 atom stereocenters. The highest BCUT2D eigenvalue weighted by Gasteiger charge is 2.28. The Morgan fingerprint density at radius 3 is 2.63 bits per heavy atom. The number of hydrogen-bond donors (Lipinski definition) is 2. The minimum absolute atomic E-state index is 0.0316. The summed E-state index contributed by atoms with van der Waals surface area (Å²) in [6.07, 6.45) is 1.74. The van der Waals surface area contributed by atoms with E-state index in [1.807, 2.05) is 19.1 Å². The fourth-order valence-electron chi connectivity index (χ4n) is 2.77. The molecule has 30 heavy (non-hydrogen) atoms. The highest BCUT2D eigenvalue weighted by Crippen LogP contribution is 2.25. The van der Waals surface area contributed by atoms with Crippen molar-refractivity contribution in [2.24, 2.45) is 0 Å². The number of aryl methyl sites for hydroxylation is 1. The molecule has 6 nitrogen and oxygen atoms in total. The second-order valence-corrected chi connectivity index (χ2v) is 10.9. The van der Waals surface area contributed by atoms with Gasteiger partial charge in [-0.1, -0.05) is 6.07 Å². The van der Waals surface area contributed by atoms with Gasteiger partial charge in [0.05, 0.1) is 15.6 Å². The SMILES string of the molecule is Cc1nc(CSc2ccc(C(=O)Nc3cccc(S(=O)(=O)NC4CC4)c3)cc2)cs1. The lowest BCUT2D eigenvalue weighted by molar-refractivity contribution is 0.102. The molecule has 2 aromatic carbocycles. The third kappa shape index (κ3) is 5.48. The molecule has 1 saturated carbocycles. The second-order valence-electron chi connectivity index (χ2n) is 7.05. The number of nitrogens with one attached hydrogen (secondary N) is 2. The van der Waals surface area contributed by atoms with Crippen LogP contribution in [0.4, 0.5) is 5.69 Å². The number of thioether (sulfide) groups is 1. The van der Waals surface area contributed by atoms with Crippen LogP contribution in [-0.4, -0.2) is 25.4 Å². The van der Waals surface area contributed by atoms with E-state index in [0.29, 0.717) is 11.3 Å². The summed E-state index contributed by atoms with van der Waals surface area (Å²) in [5.41, 5.74) is 2.00. The van der Waals surface area contributed by atoms with Crippen molar-refractivity contribution >= 4 is 44.7 Å². The van der Waals surface area contributed by atoms with Gasteiger partial charge >= 0.3 is 0 Å². The lowest BCUT2D eigenvalue weighted by atomic mass is 10.2. The number of hydrogen-bond acceptors (Lipinski definition) is 6. The molecule has 2 N–H and O–H groups in total. The number of carbonyl (C=O) groups excluding carboxylic acids is 1. The molecule has 4 rings (SSSR count). The van der Waals surface area contributed by atoms with Crippen molar-refractivity contribution in [1.82, 2.24) is 9.71 Å². The smallest absolute Gasteiger partial charge is 0.255 e. The predicted octanol–water partition coefficient (Wildman–Crippen LogP) is 4.44. The summed E-state index contributed by atoms with van der Waals surface area (Å²) in [5.74, 6) is 0.498. The molecule has 156 valence electrons. The Hall–Kier alpha value is -2.20. The first-order valence-corrected chi connectivity index (χ1v) is 12.8. The van der Waals surface area contributed by atoms with Crippen molar-refractivity contribution in [3.05, 3.63) is 70.2 Å². The minimum atomic E-state index is -3.56.